The van der Waals surface area contributed by atoms with Gasteiger partial charge in [0.25, 0.3) is 0 Å². The van der Waals surface area contributed by atoms with E-state index in [0.29, 0.717) is 15.9 Å². The van der Waals surface area contributed by atoms with Gasteiger partial charge in [-0.1, -0.05) is 24.1 Å². The number of imidazole rings is 1. The van der Waals surface area contributed by atoms with Gasteiger partial charge in [-0.2, -0.15) is 0 Å². The first-order valence-electron chi connectivity index (χ1n) is 8.79. The van der Waals surface area contributed by atoms with Crippen LogP contribution in [0.15, 0.2) is 53.4 Å². The van der Waals surface area contributed by atoms with Crippen LogP contribution in [0.4, 0.5) is 5.95 Å². The Morgan fingerprint density at radius 2 is 1.83 bits per heavy atom. The molecule has 0 saturated carbocycles. The molecule has 3 aromatic rings. The highest BCUT2D eigenvalue weighted by molar-refractivity contribution is 7.90. The lowest BCUT2D eigenvalue weighted by Gasteiger charge is -2.12. The molecule has 0 radical (unpaired) electrons. The van der Waals surface area contributed by atoms with Gasteiger partial charge in [0.05, 0.1) is 16.3 Å². The van der Waals surface area contributed by atoms with Gasteiger partial charge in [0.1, 0.15) is 0 Å². The summed E-state index contributed by atoms with van der Waals surface area (Å²) >= 11 is 0. The van der Waals surface area contributed by atoms with Crippen LogP contribution in [-0.4, -0.2) is 33.1 Å². The molecule has 0 aliphatic carbocycles. The topological polar surface area (TPSA) is 95.1 Å². The minimum Gasteiger partial charge on any atom is -0.368 e. The number of rotatable bonds is 5. The van der Waals surface area contributed by atoms with Crippen molar-refractivity contribution < 1.29 is 12.6 Å². The molecule has 0 aliphatic heterocycles. The van der Waals surface area contributed by atoms with Crippen LogP contribution in [0.1, 0.15) is 25.0 Å². The molecule has 0 fully saturated rings. The molecule has 1 aromatic heterocycles. The number of benzene rings is 2. The second kappa shape index (κ2) is 7.85. The fourth-order valence-corrected chi connectivity index (χ4v) is 4.62. The minimum absolute atomic E-state index is 0.0805. The summed E-state index contributed by atoms with van der Waals surface area (Å²) in [6.07, 6.45) is 8.75. The smallest absolute Gasteiger partial charge is 0.244 e. The third-order valence-corrected chi connectivity index (χ3v) is 7.54. The molecule has 1 atom stereocenters. The fourth-order valence-electron chi connectivity index (χ4n) is 2.96. The number of nitrogens with two attached hydrogens (primary N) is 1. The first-order chi connectivity index (χ1) is 13.7. The van der Waals surface area contributed by atoms with E-state index >= 15 is 0 Å². The molecule has 0 bridgehead atoms. The molecule has 0 amide bonds. The number of nitrogens with zero attached hydrogens (tertiary/aromatic N) is 2. The summed E-state index contributed by atoms with van der Waals surface area (Å²) in [6, 6.07) is 12.5. The quantitative estimate of drug-likeness (QED) is 0.632. The third-order valence-electron chi connectivity index (χ3n) is 4.52. The van der Waals surface area contributed by atoms with Crippen LogP contribution in [0, 0.1) is 12.3 Å². The van der Waals surface area contributed by atoms with Gasteiger partial charge in [-0.15, -0.1) is 6.42 Å². The second-order valence-corrected chi connectivity index (χ2v) is 10.5. The number of fused-ring (bicyclic) bond motifs is 1. The molecule has 8 heteroatoms. The van der Waals surface area contributed by atoms with Crippen LogP contribution in [0.25, 0.3) is 16.6 Å². The van der Waals surface area contributed by atoms with Gasteiger partial charge in [-0.25, -0.2) is 17.4 Å². The van der Waals surface area contributed by atoms with E-state index in [4.69, 9.17) is 12.2 Å². The lowest BCUT2D eigenvalue weighted by atomic mass is 9.97. The summed E-state index contributed by atoms with van der Waals surface area (Å²) in [4.78, 5) is 4.89. The zero-order valence-corrected chi connectivity index (χ0v) is 17.9. The number of nitrogen functional groups attached to an aromatic ring is 1. The number of hydrogen-bond donors (Lipinski definition) is 1. The Bertz CT molecular complexity index is 1280. The Kier molecular flexibility index (Phi) is 5.64. The lowest BCUT2D eigenvalue weighted by Crippen LogP contribution is -2.23. The van der Waals surface area contributed by atoms with Gasteiger partial charge in [0.2, 0.25) is 16.0 Å². The summed E-state index contributed by atoms with van der Waals surface area (Å²) < 4.78 is 38.3. The SMILES string of the molecule is C#C/C=C(\c1ccc(S(C)=O)cc1)c1ccc2nc(N)n(S(=O)(=O)C(C)C)c2c1. The highest BCUT2D eigenvalue weighted by atomic mass is 32.2. The van der Waals surface area contributed by atoms with Crippen molar-refractivity contribution in [1.29, 1.82) is 0 Å². The van der Waals surface area contributed by atoms with Crippen LogP contribution >= 0.6 is 0 Å². The van der Waals surface area contributed by atoms with E-state index in [1.165, 1.54) is 0 Å². The number of terminal acetylenes is 1. The Hall–Kier alpha value is -2.89. The molecular formula is C21H21N3O3S2. The molecule has 29 heavy (non-hydrogen) atoms. The molecule has 6 nitrogen and oxygen atoms in total. The van der Waals surface area contributed by atoms with Gasteiger partial charge < -0.3 is 5.73 Å². The monoisotopic (exact) mass is 427 g/mol. The van der Waals surface area contributed by atoms with Crippen LogP contribution in [-0.2, 0) is 20.8 Å². The van der Waals surface area contributed by atoms with E-state index in [2.05, 4.69) is 10.9 Å². The van der Waals surface area contributed by atoms with E-state index in [-0.39, 0.29) is 5.95 Å². The average Bonchev–Trinajstić information content (AvgIpc) is 3.01. The van der Waals surface area contributed by atoms with E-state index < -0.39 is 26.1 Å². The first-order valence-corrected chi connectivity index (χ1v) is 11.9. The van der Waals surface area contributed by atoms with Gasteiger partial charge in [0.15, 0.2) is 0 Å². The maximum atomic E-state index is 12.8. The minimum atomic E-state index is -3.69. The number of hydrogen-bond acceptors (Lipinski definition) is 5. The zero-order chi connectivity index (χ0) is 21.3. The first kappa shape index (κ1) is 20.8. The highest BCUT2D eigenvalue weighted by Gasteiger charge is 2.24. The van der Waals surface area contributed by atoms with Crippen LogP contribution in [0.2, 0.25) is 0 Å². The van der Waals surface area contributed by atoms with Crippen molar-refractivity contribution in [2.75, 3.05) is 12.0 Å². The molecule has 2 N–H and O–H groups in total. The predicted molar refractivity (Wildman–Crippen MR) is 118 cm³/mol. The molecule has 0 saturated heterocycles. The van der Waals surface area contributed by atoms with E-state index in [0.717, 1.165) is 20.7 Å². The molecule has 150 valence electrons. The summed E-state index contributed by atoms with van der Waals surface area (Å²) in [5.41, 5.74) is 9.06. The summed E-state index contributed by atoms with van der Waals surface area (Å²) in [5.74, 6) is 2.45. The molecule has 3 rings (SSSR count). The number of anilines is 1. The van der Waals surface area contributed by atoms with Gasteiger partial charge >= 0.3 is 0 Å². The van der Waals surface area contributed by atoms with E-state index in [1.54, 1.807) is 50.4 Å². The molecule has 0 spiro atoms. The molecule has 1 heterocycles. The summed E-state index contributed by atoms with van der Waals surface area (Å²) in [5, 5.41) is -0.658. The number of allylic oxidation sites excluding steroid dienone is 1. The normalized spacial score (nSPS) is 13.6. The summed E-state index contributed by atoms with van der Waals surface area (Å²) in [7, 11) is -4.77. The van der Waals surface area contributed by atoms with E-state index in [9.17, 15) is 12.6 Å². The third kappa shape index (κ3) is 3.84. The Morgan fingerprint density at radius 3 is 2.38 bits per heavy atom. The zero-order valence-electron chi connectivity index (χ0n) is 16.3. The van der Waals surface area contributed by atoms with Crippen LogP contribution < -0.4 is 5.73 Å². The molecular weight excluding hydrogens is 406 g/mol. The van der Waals surface area contributed by atoms with Crippen molar-refractivity contribution in [1.82, 2.24) is 8.96 Å². The van der Waals surface area contributed by atoms with Crippen molar-refractivity contribution in [3.63, 3.8) is 0 Å². The van der Waals surface area contributed by atoms with Crippen molar-refractivity contribution in [2.45, 2.75) is 24.0 Å². The van der Waals surface area contributed by atoms with Gasteiger partial charge in [0, 0.05) is 22.0 Å². The van der Waals surface area contributed by atoms with Crippen LogP contribution in [0.3, 0.4) is 0 Å². The maximum absolute atomic E-state index is 12.8. The van der Waals surface area contributed by atoms with E-state index in [1.807, 2.05) is 18.2 Å². The Labute approximate surface area is 173 Å². The lowest BCUT2D eigenvalue weighted by molar-refractivity contribution is 0.580. The summed E-state index contributed by atoms with van der Waals surface area (Å²) in [6.45, 7) is 3.18. The van der Waals surface area contributed by atoms with Crippen molar-refractivity contribution >= 4 is 43.4 Å². The largest absolute Gasteiger partial charge is 0.368 e. The van der Waals surface area contributed by atoms with Gasteiger partial charge in [-0.3, -0.25) is 4.21 Å². The second-order valence-electron chi connectivity index (χ2n) is 6.73. The molecule has 0 aliphatic rings. The molecule has 2 aromatic carbocycles. The van der Waals surface area contributed by atoms with Crippen molar-refractivity contribution in [3.05, 3.63) is 59.7 Å². The van der Waals surface area contributed by atoms with Crippen molar-refractivity contribution in [2.24, 2.45) is 0 Å². The maximum Gasteiger partial charge on any atom is 0.244 e. The number of aromatic nitrogens is 2. The van der Waals surface area contributed by atoms with Gasteiger partial charge in [-0.05, 0) is 60.9 Å². The Balaban J connectivity index is 2.21. The standard InChI is InChI=1S/C21H21N3O3S2/c1-5-6-18(15-7-10-17(11-8-15)28(4)25)16-9-12-19-20(13-16)24(21(22)23-19)29(26,27)14(2)3/h1,6-14H,2-4H3,(H2,22,23)/b18-6+. The van der Waals surface area contributed by atoms with Crippen molar-refractivity contribution in [3.8, 4) is 12.3 Å². The highest BCUT2D eigenvalue weighted by Crippen LogP contribution is 2.29. The van der Waals surface area contributed by atoms with Crippen LogP contribution in [0.5, 0.6) is 0 Å². The predicted octanol–water partition coefficient (Wildman–Crippen LogP) is 3.01. The molecule has 1 unspecified atom stereocenters. The fraction of sp³-hybridized carbons (Fsp3) is 0.190. The average molecular weight is 428 g/mol. The Morgan fingerprint density at radius 1 is 1.21 bits per heavy atom.